The third-order valence-electron chi connectivity index (χ3n) is 3.36. The highest BCUT2D eigenvalue weighted by molar-refractivity contribution is 7.91. The summed E-state index contributed by atoms with van der Waals surface area (Å²) in [7, 11) is -6.96. The summed E-state index contributed by atoms with van der Waals surface area (Å²) in [5, 5.41) is 0. The van der Waals surface area contributed by atoms with E-state index < -0.39 is 20.0 Å². The number of nitrogens with one attached hydrogen (secondary N) is 1. The summed E-state index contributed by atoms with van der Waals surface area (Å²) in [4.78, 5) is 0.986. The Morgan fingerprint density at radius 3 is 2.43 bits per heavy atom. The van der Waals surface area contributed by atoms with Gasteiger partial charge in [-0.05, 0) is 31.4 Å². The highest BCUT2D eigenvalue weighted by Gasteiger charge is 2.25. The predicted octanol–water partition coefficient (Wildman–Crippen LogP) is 1.01. The van der Waals surface area contributed by atoms with Crippen molar-refractivity contribution in [3.63, 3.8) is 0 Å². The van der Waals surface area contributed by atoms with Gasteiger partial charge in [0.05, 0.1) is 5.75 Å². The Bertz CT molecular complexity index is 673. The molecule has 6 nitrogen and oxygen atoms in total. The predicted molar refractivity (Wildman–Crippen MR) is 83.5 cm³/mol. The average molecular weight is 353 g/mol. The highest BCUT2D eigenvalue weighted by Crippen LogP contribution is 2.21. The van der Waals surface area contributed by atoms with Crippen LogP contribution in [0.4, 0.5) is 0 Å². The van der Waals surface area contributed by atoms with E-state index in [0.717, 1.165) is 24.1 Å². The van der Waals surface area contributed by atoms with Gasteiger partial charge in [-0.2, -0.15) is 0 Å². The average Bonchev–Trinajstić information content (AvgIpc) is 3.10. The maximum Gasteiger partial charge on any atom is 0.250 e. The summed E-state index contributed by atoms with van der Waals surface area (Å²) >= 11 is 1.21. The van der Waals surface area contributed by atoms with Crippen LogP contribution in [0.1, 0.15) is 24.6 Å². The van der Waals surface area contributed by atoms with Gasteiger partial charge in [0.2, 0.25) is 20.0 Å². The Balaban J connectivity index is 1.93. The van der Waals surface area contributed by atoms with E-state index in [1.165, 1.54) is 15.6 Å². The Kier molecular flexibility index (Phi) is 5.42. The molecule has 1 fully saturated rings. The summed E-state index contributed by atoms with van der Waals surface area (Å²) in [5.41, 5.74) is 0. The fourth-order valence-electron chi connectivity index (χ4n) is 2.16. The molecule has 0 spiro atoms. The van der Waals surface area contributed by atoms with Gasteiger partial charge in [0, 0.05) is 24.5 Å². The zero-order valence-corrected chi connectivity index (χ0v) is 14.4. The van der Waals surface area contributed by atoms with Crippen LogP contribution in [0, 0.1) is 0 Å². The number of rotatable bonds is 7. The van der Waals surface area contributed by atoms with Gasteiger partial charge < -0.3 is 0 Å². The second-order valence-corrected chi connectivity index (χ2v) is 10.1. The molecular formula is C12H20N2O4S3. The van der Waals surface area contributed by atoms with E-state index in [1.807, 2.05) is 6.92 Å². The largest absolute Gasteiger partial charge is 0.250 e. The Labute approximate surface area is 130 Å². The highest BCUT2D eigenvalue weighted by atomic mass is 32.2. The molecule has 1 N–H and O–H groups in total. The van der Waals surface area contributed by atoms with Crippen LogP contribution in [-0.2, 0) is 26.5 Å². The van der Waals surface area contributed by atoms with Crippen LogP contribution >= 0.6 is 11.3 Å². The summed E-state index contributed by atoms with van der Waals surface area (Å²) < 4.78 is 52.2. The van der Waals surface area contributed by atoms with Crippen molar-refractivity contribution in [3.05, 3.63) is 17.0 Å². The first-order valence-electron chi connectivity index (χ1n) is 6.91. The number of aryl methyl sites for hydroxylation is 1. The first kappa shape index (κ1) is 16.9. The fourth-order valence-corrected chi connectivity index (χ4v) is 6.10. The van der Waals surface area contributed by atoms with Gasteiger partial charge in [0.15, 0.2) is 0 Å². The fraction of sp³-hybridized carbons (Fsp3) is 0.667. The van der Waals surface area contributed by atoms with E-state index in [2.05, 4.69) is 4.72 Å². The van der Waals surface area contributed by atoms with Gasteiger partial charge >= 0.3 is 0 Å². The Morgan fingerprint density at radius 2 is 1.86 bits per heavy atom. The number of thiophene rings is 1. The van der Waals surface area contributed by atoms with Crippen molar-refractivity contribution in [2.45, 2.75) is 30.4 Å². The van der Waals surface area contributed by atoms with Gasteiger partial charge in [-0.1, -0.05) is 6.92 Å². The normalized spacial score (nSPS) is 17.4. The molecule has 1 saturated heterocycles. The van der Waals surface area contributed by atoms with Gasteiger partial charge in [0.1, 0.15) is 4.21 Å². The van der Waals surface area contributed by atoms with E-state index in [9.17, 15) is 16.8 Å². The van der Waals surface area contributed by atoms with Crippen molar-refractivity contribution in [3.8, 4) is 0 Å². The lowest BCUT2D eigenvalue weighted by atomic mass is 10.4. The minimum atomic E-state index is -3.61. The molecular weight excluding hydrogens is 332 g/mol. The monoisotopic (exact) mass is 352 g/mol. The molecule has 1 aromatic rings. The molecule has 9 heteroatoms. The molecule has 21 heavy (non-hydrogen) atoms. The molecule has 1 aliphatic rings. The van der Waals surface area contributed by atoms with Crippen LogP contribution in [-0.4, -0.2) is 46.5 Å². The van der Waals surface area contributed by atoms with Crippen molar-refractivity contribution in [1.82, 2.24) is 9.03 Å². The Morgan fingerprint density at radius 1 is 1.19 bits per heavy atom. The van der Waals surface area contributed by atoms with Crippen LogP contribution in [0.15, 0.2) is 16.3 Å². The molecule has 0 atom stereocenters. The quantitative estimate of drug-likeness (QED) is 0.794. The molecule has 0 unspecified atom stereocenters. The summed E-state index contributed by atoms with van der Waals surface area (Å²) in [6.07, 6.45) is 2.53. The van der Waals surface area contributed by atoms with Crippen molar-refractivity contribution >= 4 is 31.4 Å². The molecule has 1 aliphatic heterocycles. The maximum absolute atomic E-state index is 12.1. The zero-order valence-electron chi connectivity index (χ0n) is 11.9. The first-order chi connectivity index (χ1) is 9.85. The van der Waals surface area contributed by atoms with Crippen LogP contribution in [0.2, 0.25) is 0 Å². The van der Waals surface area contributed by atoms with Crippen molar-refractivity contribution < 1.29 is 16.8 Å². The molecule has 1 aromatic heterocycles. The summed E-state index contributed by atoms with van der Waals surface area (Å²) in [6, 6.07) is 3.33. The third-order valence-corrected chi connectivity index (χ3v) is 8.42. The molecule has 120 valence electrons. The van der Waals surface area contributed by atoms with E-state index in [0.29, 0.717) is 13.1 Å². The zero-order chi connectivity index (χ0) is 15.5. The third kappa shape index (κ3) is 4.26. The van der Waals surface area contributed by atoms with Crippen LogP contribution in [0.3, 0.4) is 0 Å². The summed E-state index contributed by atoms with van der Waals surface area (Å²) in [6.45, 7) is 2.94. The number of hydrogen-bond donors (Lipinski definition) is 1. The molecule has 0 saturated carbocycles. The van der Waals surface area contributed by atoms with Gasteiger partial charge in [-0.25, -0.2) is 25.9 Å². The lowest BCUT2D eigenvalue weighted by molar-refractivity contribution is 0.477. The van der Waals surface area contributed by atoms with Gasteiger partial charge in [-0.15, -0.1) is 11.3 Å². The van der Waals surface area contributed by atoms with Crippen molar-refractivity contribution in [1.29, 1.82) is 0 Å². The van der Waals surface area contributed by atoms with E-state index >= 15 is 0 Å². The second-order valence-electron chi connectivity index (χ2n) is 4.89. The summed E-state index contributed by atoms with van der Waals surface area (Å²) in [5.74, 6) is -0.196. The lowest BCUT2D eigenvalue weighted by Gasteiger charge is -2.15. The minimum absolute atomic E-state index is 0.0967. The van der Waals surface area contributed by atoms with Crippen LogP contribution < -0.4 is 4.72 Å². The Hall–Kier alpha value is -0.480. The molecule has 0 radical (unpaired) electrons. The molecule has 0 bridgehead atoms. The van der Waals surface area contributed by atoms with Crippen molar-refractivity contribution in [2.24, 2.45) is 0 Å². The van der Waals surface area contributed by atoms with E-state index in [-0.39, 0.29) is 16.5 Å². The molecule has 2 rings (SSSR count). The topological polar surface area (TPSA) is 83.5 Å². The molecule has 0 amide bonds. The smallest absolute Gasteiger partial charge is 0.212 e. The first-order valence-corrected chi connectivity index (χ1v) is 10.8. The number of hydrogen-bond acceptors (Lipinski definition) is 5. The second kappa shape index (κ2) is 6.74. The van der Waals surface area contributed by atoms with E-state index in [1.54, 1.807) is 12.1 Å². The maximum atomic E-state index is 12.1. The SMILES string of the molecule is CCc1ccc(S(=O)(=O)NCCS(=O)(=O)N2CCCC2)s1. The molecule has 2 heterocycles. The van der Waals surface area contributed by atoms with Crippen LogP contribution in [0.5, 0.6) is 0 Å². The van der Waals surface area contributed by atoms with Gasteiger partial charge in [-0.3, -0.25) is 0 Å². The minimum Gasteiger partial charge on any atom is -0.212 e. The van der Waals surface area contributed by atoms with Crippen molar-refractivity contribution in [2.75, 3.05) is 25.4 Å². The lowest BCUT2D eigenvalue weighted by Crippen LogP contribution is -2.36. The molecule has 0 aliphatic carbocycles. The molecule has 0 aromatic carbocycles. The van der Waals surface area contributed by atoms with Crippen LogP contribution in [0.25, 0.3) is 0 Å². The number of sulfonamides is 2. The number of nitrogens with zero attached hydrogens (tertiary/aromatic N) is 1. The van der Waals surface area contributed by atoms with Gasteiger partial charge in [0.25, 0.3) is 0 Å². The standard InChI is InChI=1S/C12H20N2O4S3/c1-2-11-5-6-12(19-11)21(17,18)13-7-10-20(15,16)14-8-3-4-9-14/h5-6,13H,2-4,7-10H2,1H3. The van der Waals surface area contributed by atoms with E-state index in [4.69, 9.17) is 0 Å².